The number of nitrogens with zero attached hydrogens (tertiary/aromatic N) is 1. The number of likely N-dealkylation sites (tertiary alicyclic amines) is 1. The van der Waals surface area contributed by atoms with Gasteiger partial charge in [-0.15, -0.1) is 0 Å². The van der Waals surface area contributed by atoms with E-state index in [0.29, 0.717) is 17.0 Å². The lowest BCUT2D eigenvalue weighted by Crippen LogP contribution is -2.42. The standard InChI is InChI=1S/C19H33NOSi/c1-16(18-10-8-7-9-11-18)20-13-12-17(14-20)15-21-22(5,6)19(2,3)4/h7-11,16-17H,12-15H2,1-6H3/t16-,17+/m1/s1. The average molecular weight is 320 g/mol. The first-order valence-corrected chi connectivity index (χ1v) is 11.5. The summed E-state index contributed by atoms with van der Waals surface area (Å²) in [5.41, 5.74) is 1.42. The lowest BCUT2D eigenvalue weighted by molar-refractivity contribution is 0.206. The first-order valence-electron chi connectivity index (χ1n) is 8.63. The van der Waals surface area contributed by atoms with E-state index in [0.717, 1.165) is 6.61 Å². The molecular weight excluding hydrogens is 286 g/mol. The maximum Gasteiger partial charge on any atom is 0.191 e. The maximum absolute atomic E-state index is 6.42. The zero-order chi connectivity index (χ0) is 16.4. The molecule has 1 heterocycles. The van der Waals surface area contributed by atoms with Gasteiger partial charge in [-0.1, -0.05) is 51.1 Å². The Bertz CT molecular complexity index is 466. The molecule has 2 atom stereocenters. The Hall–Kier alpha value is -0.643. The summed E-state index contributed by atoms with van der Waals surface area (Å²) in [5.74, 6) is 0.695. The predicted octanol–water partition coefficient (Wildman–Crippen LogP) is 5.09. The summed E-state index contributed by atoms with van der Waals surface area (Å²) in [5, 5.41) is 0.308. The van der Waals surface area contributed by atoms with Gasteiger partial charge in [-0.2, -0.15) is 0 Å². The van der Waals surface area contributed by atoms with Gasteiger partial charge in [0.05, 0.1) is 0 Å². The van der Waals surface area contributed by atoms with Crippen LogP contribution in [0.25, 0.3) is 0 Å². The van der Waals surface area contributed by atoms with Gasteiger partial charge in [-0.05, 0) is 49.5 Å². The van der Waals surface area contributed by atoms with E-state index in [1.165, 1.54) is 25.1 Å². The van der Waals surface area contributed by atoms with E-state index in [4.69, 9.17) is 4.43 Å². The quantitative estimate of drug-likeness (QED) is 0.701. The lowest BCUT2D eigenvalue weighted by atomic mass is 10.1. The molecule has 22 heavy (non-hydrogen) atoms. The molecule has 0 aliphatic carbocycles. The van der Waals surface area contributed by atoms with Gasteiger partial charge < -0.3 is 4.43 Å². The zero-order valence-electron chi connectivity index (χ0n) is 15.2. The van der Waals surface area contributed by atoms with Crippen LogP contribution in [0.2, 0.25) is 18.1 Å². The molecule has 0 spiro atoms. The summed E-state index contributed by atoms with van der Waals surface area (Å²) in [6, 6.07) is 11.4. The molecule has 2 nitrogen and oxygen atoms in total. The first kappa shape index (κ1) is 17.7. The lowest BCUT2D eigenvalue weighted by Gasteiger charge is -2.37. The third-order valence-corrected chi connectivity index (χ3v) is 10.1. The number of rotatable bonds is 5. The van der Waals surface area contributed by atoms with Crippen LogP contribution in [0.5, 0.6) is 0 Å². The third-order valence-electron chi connectivity index (χ3n) is 5.63. The third kappa shape index (κ3) is 4.21. The Morgan fingerprint density at radius 2 is 1.86 bits per heavy atom. The molecule has 1 aliphatic rings. The highest BCUT2D eigenvalue weighted by Crippen LogP contribution is 2.37. The summed E-state index contributed by atoms with van der Waals surface area (Å²) in [6.07, 6.45) is 1.27. The van der Waals surface area contributed by atoms with Crippen LogP contribution in [0.4, 0.5) is 0 Å². The van der Waals surface area contributed by atoms with Crippen LogP contribution in [0.1, 0.15) is 45.7 Å². The van der Waals surface area contributed by atoms with Crippen molar-refractivity contribution in [1.29, 1.82) is 0 Å². The second-order valence-electron chi connectivity index (χ2n) is 8.31. The Balaban J connectivity index is 1.86. The van der Waals surface area contributed by atoms with Crippen molar-refractivity contribution in [3.05, 3.63) is 35.9 Å². The summed E-state index contributed by atoms with van der Waals surface area (Å²) < 4.78 is 6.42. The summed E-state index contributed by atoms with van der Waals surface area (Å²) >= 11 is 0. The number of hydrogen-bond acceptors (Lipinski definition) is 2. The fourth-order valence-corrected chi connectivity index (χ4v) is 3.92. The van der Waals surface area contributed by atoms with E-state index in [-0.39, 0.29) is 0 Å². The highest BCUT2D eigenvalue weighted by molar-refractivity contribution is 6.74. The van der Waals surface area contributed by atoms with Gasteiger partial charge in [0.25, 0.3) is 0 Å². The van der Waals surface area contributed by atoms with Crippen LogP contribution < -0.4 is 0 Å². The zero-order valence-corrected chi connectivity index (χ0v) is 16.2. The summed E-state index contributed by atoms with van der Waals surface area (Å²) in [6.45, 7) is 17.3. The minimum atomic E-state index is -1.60. The molecule has 1 saturated heterocycles. The van der Waals surface area contributed by atoms with Crippen molar-refractivity contribution in [2.45, 2.75) is 58.3 Å². The topological polar surface area (TPSA) is 12.5 Å². The van der Waals surface area contributed by atoms with E-state index < -0.39 is 8.32 Å². The van der Waals surface area contributed by atoms with E-state index in [1.54, 1.807) is 0 Å². The Morgan fingerprint density at radius 1 is 1.23 bits per heavy atom. The smallest absolute Gasteiger partial charge is 0.191 e. The van der Waals surface area contributed by atoms with Crippen LogP contribution >= 0.6 is 0 Å². The fourth-order valence-electron chi connectivity index (χ4n) is 2.84. The van der Waals surface area contributed by atoms with Crippen molar-refractivity contribution in [3.63, 3.8) is 0 Å². The molecule has 0 N–H and O–H groups in total. The van der Waals surface area contributed by atoms with Crippen molar-refractivity contribution in [3.8, 4) is 0 Å². The van der Waals surface area contributed by atoms with E-state index in [2.05, 4.69) is 76.0 Å². The fraction of sp³-hybridized carbons (Fsp3) is 0.684. The monoisotopic (exact) mass is 319 g/mol. The van der Waals surface area contributed by atoms with Gasteiger partial charge in [-0.3, -0.25) is 4.90 Å². The second kappa shape index (κ2) is 6.86. The summed E-state index contributed by atoms with van der Waals surface area (Å²) in [4.78, 5) is 2.61. The molecule has 0 amide bonds. The Kier molecular flexibility index (Phi) is 5.52. The minimum Gasteiger partial charge on any atom is -0.416 e. The molecule has 0 aromatic heterocycles. The maximum atomic E-state index is 6.42. The van der Waals surface area contributed by atoms with Crippen molar-refractivity contribution in [1.82, 2.24) is 4.90 Å². The molecular formula is C19H33NOSi. The van der Waals surface area contributed by atoms with E-state index in [1.807, 2.05) is 0 Å². The van der Waals surface area contributed by atoms with E-state index >= 15 is 0 Å². The van der Waals surface area contributed by atoms with Crippen molar-refractivity contribution in [2.75, 3.05) is 19.7 Å². The number of hydrogen-bond donors (Lipinski definition) is 0. The van der Waals surface area contributed by atoms with Gasteiger partial charge in [0.15, 0.2) is 8.32 Å². The normalized spacial score (nSPS) is 22.0. The highest BCUT2D eigenvalue weighted by atomic mass is 28.4. The number of benzene rings is 1. The molecule has 3 heteroatoms. The molecule has 124 valence electrons. The van der Waals surface area contributed by atoms with Crippen molar-refractivity contribution < 1.29 is 4.43 Å². The van der Waals surface area contributed by atoms with Gasteiger partial charge >= 0.3 is 0 Å². The van der Waals surface area contributed by atoms with E-state index in [9.17, 15) is 0 Å². The van der Waals surface area contributed by atoms with Crippen LogP contribution in [-0.2, 0) is 4.43 Å². The van der Waals surface area contributed by atoms with Gasteiger partial charge in [0, 0.05) is 19.2 Å². The molecule has 0 unspecified atom stereocenters. The minimum absolute atomic E-state index is 0.308. The van der Waals surface area contributed by atoms with Crippen molar-refractivity contribution >= 4 is 8.32 Å². The van der Waals surface area contributed by atoms with Gasteiger partial charge in [0.1, 0.15) is 0 Å². The van der Waals surface area contributed by atoms with Crippen molar-refractivity contribution in [2.24, 2.45) is 5.92 Å². The molecule has 0 radical (unpaired) electrons. The van der Waals surface area contributed by atoms with Crippen LogP contribution in [0.15, 0.2) is 30.3 Å². The predicted molar refractivity (Wildman–Crippen MR) is 97.7 cm³/mol. The highest BCUT2D eigenvalue weighted by Gasteiger charge is 2.38. The average Bonchev–Trinajstić information content (AvgIpc) is 2.93. The molecule has 0 bridgehead atoms. The Morgan fingerprint density at radius 3 is 2.45 bits per heavy atom. The first-order chi connectivity index (χ1) is 10.2. The van der Waals surface area contributed by atoms with Crippen LogP contribution in [0.3, 0.4) is 0 Å². The molecule has 0 saturated carbocycles. The SMILES string of the molecule is C[C@H](c1ccccc1)N1CC[C@H](CO[Si](C)(C)C(C)(C)C)C1. The van der Waals surface area contributed by atoms with Gasteiger partial charge in [0.2, 0.25) is 0 Å². The van der Waals surface area contributed by atoms with Crippen LogP contribution in [0, 0.1) is 5.92 Å². The molecule has 1 aliphatic heterocycles. The Labute approximate surface area is 138 Å². The molecule has 2 rings (SSSR count). The van der Waals surface area contributed by atoms with Gasteiger partial charge in [-0.25, -0.2) is 0 Å². The molecule has 1 fully saturated rings. The molecule has 1 aromatic rings. The molecule has 1 aromatic carbocycles. The second-order valence-corrected chi connectivity index (χ2v) is 13.1. The van der Waals surface area contributed by atoms with Crippen LogP contribution in [-0.4, -0.2) is 32.9 Å². The summed E-state index contributed by atoms with van der Waals surface area (Å²) in [7, 11) is -1.60. The largest absolute Gasteiger partial charge is 0.416 e.